The second-order valence-electron chi connectivity index (χ2n) is 8.14. The fourth-order valence-electron chi connectivity index (χ4n) is 4.91. The summed E-state index contributed by atoms with van der Waals surface area (Å²) >= 11 is 6.29. The van der Waals surface area contributed by atoms with Gasteiger partial charge in [-0.25, -0.2) is 9.18 Å². The Morgan fingerprint density at radius 2 is 2.17 bits per heavy atom. The van der Waals surface area contributed by atoms with Gasteiger partial charge in [0, 0.05) is 20.0 Å². The lowest BCUT2D eigenvalue weighted by molar-refractivity contribution is -0.0555. The molecule has 3 heterocycles. The highest BCUT2D eigenvalue weighted by molar-refractivity contribution is 6.31. The van der Waals surface area contributed by atoms with Crippen LogP contribution in [0.1, 0.15) is 40.5 Å². The first-order chi connectivity index (χ1) is 13.9. The van der Waals surface area contributed by atoms with E-state index < -0.39 is 11.4 Å². The molecule has 0 radical (unpaired) electrons. The summed E-state index contributed by atoms with van der Waals surface area (Å²) < 4.78 is 21.6. The van der Waals surface area contributed by atoms with Crippen molar-refractivity contribution in [1.82, 2.24) is 20.0 Å². The molecule has 1 aromatic carbocycles. The maximum atomic E-state index is 14.5. The molecule has 152 valence electrons. The van der Waals surface area contributed by atoms with Gasteiger partial charge in [-0.05, 0) is 30.4 Å². The number of carbonyl (C=O) groups is 2. The van der Waals surface area contributed by atoms with Crippen molar-refractivity contribution >= 4 is 23.6 Å². The number of amides is 2. The first-order valence-electron chi connectivity index (χ1n) is 9.59. The Kier molecular flexibility index (Phi) is 4.10. The van der Waals surface area contributed by atoms with Gasteiger partial charge >= 0.3 is 6.09 Å². The Hall–Kier alpha value is -2.61. The van der Waals surface area contributed by atoms with E-state index >= 15 is 0 Å². The van der Waals surface area contributed by atoms with Gasteiger partial charge in [0.15, 0.2) is 0 Å². The van der Waals surface area contributed by atoms with E-state index in [1.54, 1.807) is 35.0 Å². The molecule has 1 spiro atoms. The van der Waals surface area contributed by atoms with Crippen molar-refractivity contribution in [2.75, 3.05) is 13.1 Å². The summed E-state index contributed by atoms with van der Waals surface area (Å²) in [6, 6.07) is 4.43. The largest absolute Gasteiger partial charge is 0.441 e. The minimum Gasteiger partial charge on any atom is -0.441 e. The van der Waals surface area contributed by atoms with Crippen LogP contribution in [0.15, 0.2) is 24.4 Å². The maximum absolute atomic E-state index is 14.5. The molecule has 1 aromatic heterocycles. The molecule has 1 saturated heterocycles. The van der Waals surface area contributed by atoms with Crippen molar-refractivity contribution in [3.63, 3.8) is 0 Å². The first-order valence-corrected chi connectivity index (χ1v) is 9.97. The van der Waals surface area contributed by atoms with Crippen molar-refractivity contribution in [2.45, 2.75) is 30.9 Å². The van der Waals surface area contributed by atoms with E-state index in [2.05, 4.69) is 10.4 Å². The third kappa shape index (κ3) is 2.88. The van der Waals surface area contributed by atoms with Crippen LogP contribution in [0.25, 0.3) is 0 Å². The summed E-state index contributed by atoms with van der Waals surface area (Å²) in [4.78, 5) is 26.2. The van der Waals surface area contributed by atoms with Gasteiger partial charge in [0.05, 0.1) is 35.1 Å². The van der Waals surface area contributed by atoms with Crippen LogP contribution in [0.2, 0.25) is 5.02 Å². The fourth-order valence-corrected chi connectivity index (χ4v) is 5.15. The van der Waals surface area contributed by atoms with Gasteiger partial charge < -0.3 is 15.0 Å². The van der Waals surface area contributed by atoms with Gasteiger partial charge in [-0.15, -0.1) is 0 Å². The molecule has 2 aromatic rings. The zero-order valence-corrected chi connectivity index (χ0v) is 16.6. The van der Waals surface area contributed by atoms with Gasteiger partial charge in [0.2, 0.25) is 0 Å². The molecule has 9 heteroatoms. The number of nitrogens with zero attached hydrogens (tertiary/aromatic N) is 3. The Bertz CT molecular complexity index is 998. The summed E-state index contributed by atoms with van der Waals surface area (Å²) in [5.74, 6) is -0.618. The van der Waals surface area contributed by atoms with Crippen LogP contribution in [0, 0.1) is 11.7 Å². The van der Waals surface area contributed by atoms with Crippen molar-refractivity contribution in [3.8, 4) is 0 Å². The second kappa shape index (κ2) is 6.45. The van der Waals surface area contributed by atoms with Gasteiger partial charge in [-0.2, -0.15) is 5.10 Å². The average Bonchev–Trinajstić information content (AvgIpc) is 3.27. The van der Waals surface area contributed by atoms with Crippen LogP contribution in [0.4, 0.5) is 9.18 Å². The molecule has 1 aliphatic carbocycles. The Morgan fingerprint density at radius 1 is 1.38 bits per heavy atom. The zero-order chi connectivity index (χ0) is 20.3. The molecule has 0 unspecified atom stereocenters. The molecule has 7 nitrogen and oxygen atoms in total. The molecule has 5 rings (SSSR count). The van der Waals surface area contributed by atoms with Gasteiger partial charge in [-0.3, -0.25) is 9.48 Å². The van der Waals surface area contributed by atoms with Crippen LogP contribution >= 0.6 is 11.6 Å². The Balaban J connectivity index is 1.41. The third-order valence-corrected chi connectivity index (χ3v) is 6.61. The maximum Gasteiger partial charge on any atom is 0.407 e. The summed E-state index contributed by atoms with van der Waals surface area (Å²) in [6.45, 7) is 0.978. The summed E-state index contributed by atoms with van der Waals surface area (Å²) in [7, 11) is 1.80. The number of benzene rings is 1. The Labute approximate surface area is 171 Å². The number of aryl methyl sites for hydroxylation is 1. The number of hydrogen-bond acceptors (Lipinski definition) is 4. The summed E-state index contributed by atoms with van der Waals surface area (Å²) in [6.07, 6.45) is 3.01. The van der Waals surface area contributed by atoms with Gasteiger partial charge in [0.25, 0.3) is 5.91 Å². The fraction of sp³-hybridized carbons (Fsp3) is 0.450. The quantitative estimate of drug-likeness (QED) is 0.828. The van der Waals surface area contributed by atoms with Crippen LogP contribution in [0.3, 0.4) is 0 Å². The normalized spacial score (nSPS) is 27.8. The third-order valence-electron chi connectivity index (χ3n) is 6.29. The lowest BCUT2D eigenvalue weighted by Gasteiger charge is -2.44. The van der Waals surface area contributed by atoms with Crippen molar-refractivity contribution in [2.24, 2.45) is 13.0 Å². The predicted molar refractivity (Wildman–Crippen MR) is 102 cm³/mol. The first kappa shape index (κ1) is 18.4. The van der Waals surface area contributed by atoms with Crippen molar-refractivity contribution in [3.05, 3.63) is 52.1 Å². The average molecular weight is 419 g/mol. The van der Waals surface area contributed by atoms with Crippen molar-refractivity contribution in [1.29, 1.82) is 0 Å². The summed E-state index contributed by atoms with van der Waals surface area (Å²) in [5, 5.41) is 7.39. The van der Waals surface area contributed by atoms with Crippen LogP contribution in [-0.4, -0.2) is 45.4 Å². The van der Waals surface area contributed by atoms with E-state index in [0.29, 0.717) is 42.9 Å². The molecular weight excluding hydrogens is 399 g/mol. The number of alkyl carbamates (subject to hydrolysis) is 1. The molecule has 2 amide bonds. The highest BCUT2D eigenvalue weighted by atomic mass is 35.5. The van der Waals surface area contributed by atoms with E-state index in [1.807, 2.05) is 0 Å². The topological polar surface area (TPSA) is 76.5 Å². The van der Waals surface area contributed by atoms with E-state index in [4.69, 9.17) is 16.3 Å². The minimum absolute atomic E-state index is 0.138. The predicted octanol–water partition coefficient (Wildman–Crippen LogP) is 2.84. The van der Waals surface area contributed by atoms with Crippen LogP contribution in [0.5, 0.6) is 0 Å². The number of hydrogen-bond donors (Lipinski definition) is 1. The van der Waals surface area contributed by atoms with Crippen LogP contribution in [-0.2, 0) is 18.2 Å². The molecular formula is C20H20ClFN4O3. The molecule has 1 atom stereocenters. The Morgan fingerprint density at radius 3 is 2.83 bits per heavy atom. The van der Waals surface area contributed by atoms with E-state index in [9.17, 15) is 14.0 Å². The molecule has 2 aliphatic heterocycles. The standard InChI is InChI=1S/C20H20ClFN4O3/c1-25-16(13(21)8-24-25)5-15-12-3-2-4-14(22)17(12)18(27)26(15)9-11-6-20(7-11)10-23-19(28)29-20/h2-4,8,11,15H,5-7,9-10H2,1H3,(H,23,28)/t11?,15-,20?/m0/s1. The number of ether oxygens (including phenoxy) is 1. The second-order valence-corrected chi connectivity index (χ2v) is 8.55. The van der Waals surface area contributed by atoms with Crippen molar-refractivity contribution < 1.29 is 18.7 Å². The lowest BCUT2D eigenvalue weighted by Crippen LogP contribution is -2.51. The van der Waals surface area contributed by atoms with E-state index in [0.717, 1.165) is 5.69 Å². The SMILES string of the molecule is Cn1ncc(Cl)c1C[C@H]1c2cccc(F)c2C(=O)N1CC1CC2(CNC(=O)O2)C1. The number of fused-ring (bicyclic) bond motifs is 1. The minimum atomic E-state index is -0.505. The van der Waals surface area contributed by atoms with Crippen LogP contribution < -0.4 is 5.32 Å². The smallest absolute Gasteiger partial charge is 0.407 e. The molecule has 1 N–H and O–H groups in total. The number of rotatable bonds is 4. The highest BCUT2D eigenvalue weighted by Crippen LogP contribution is 2.46. The summed E-state index contributed by atoms with van der Waals surface area (Å²) in [5.41, 5.74) is 1.16. The monoisotopic (exact) mass is 418 g/mol. The van der Waals surface area contributed by atoms with Gasteiger partial charge in [0.1, 0.15) is 11.4 Å². The molecule has 0 bridgehead atoms. The van der Waals surface area contributed by atoms with E-state index in [-0.39, 0.29) is 29.5 Å². The molecule has 29 heavy (non-hydrogen) atoms. The highest BCUT2D eigenvalue weighted by Gasteiger charge is 2.53. The van der Waals surface area contributed by atoms with Gasteiger partial charge in [-0.1, -0.05) is 23.7 Å². The number of carbonyl (C=O) groups excluding carboxylic acids is 2. The number of halogens is 2. The molecule has 3 aliphatic rings. The molecule has 2 fully saturated rings. The van der Waals surface area contributed by atoms with E-state index in [1.165, 1.54) is 6.07 Å². The lowest BCUT2D eigenvalue weighted by atomic mass is 9.70. The molecule has 1 saturated carbocycles. The zero-order valence-electron chi connectivity index (χ0n) is 15.8. The number of nitrogens with one attached hydrogen (secondary N) is 1. The number of aromatic nitrogens is 2.